The van der Waals surface area contributed by atoms with Gasteiger partial charge in [-0.1, -0.05) is 25.1 Å². The molecule has 2 rings (SSSR count). The van der Waals surface area contributed by atoms with E-state index >= 15 is 0 Å². The lowest BCUT2D eigenvalue weighted by Crippen LogP contribution is -2.49. The van der Waals surface area contributed by atoms with Crippen LogP contribution in [-0.4, -0.2) is 81.3 Å². The lowest BCUT2D eigenvalue weighted by atomic mass is 10.2. The molecule has 1 aromatic carbocycles. The first-order valence-corrected chi connectivity index (χ1v) is 9.74. The Morgan fingerprint density at radius 3 is 2.44 bits per heavy atom. The fraction of sp³-hybridized carbons (Fsp3) is 0.650. The van der Waals surface area contributed by atoms with Gasteiger partial charge in [-0.15, -0.1) is 24.0 Å². The van der Waals surface area contributed by atoms with E-state index in [9.17, 15) is 0 Å². The van der Waals surface area contributed by atoms with Crippen LogP contribution < -0.4 is 15.4 Å². The van der Waals surface area contributed by atoms with Crippen molar-refractivity contribution in [3.05, 3.63) is 29.8 Å². The maximum Gasteiger partial charge on any atom is 0.191 e. The monoisotopic (exact) mass is 489 g/mol. The summed E-state index contributed by atoms with van der Waals surface area (Å²) in [5, 5.41) is 6.75. The molecule has 1 unspecified atom stereocenters. The van der Waals surface area contributed by atoms with E-state index in [1.54, 1.807) is 0 Å². The van der Waals surface area contributed by atoms with Crippen LogP contribution in [0.1, 0.15) is 19.4 Å². The highest BCUT2D eigenvalue weighted by Crippen LogP contribution is 2.17. The van der Waals surface area contributed by atoms with Crippen LogP contribution in [0, 0.1) is 6.92 Å². The van der Waals surface area contributed by atoms with Crippen LogP contribution in [0.2, 0.25) is 0 Å². The molecule has 1 atom stereocenters. The van der Waals surface area contributed by atoms with Crippen molar-refractivity contribution in [3.63, 3.8) is 0 Å². The second-order valence-corrected chi connectivity index (χ2v) is 6.85. The largest absolute Gasteiger partial charge is 0.489 e. The number of nitrogens with one attached hydrogen (secondary N) is 2. The molecule has 1 saturated heterocycles. The van der Waals surface area contributed by atoms with Crippen molar-refractivity contribution in [1.29, 1.82) is 0 Å². The maximum atomic E-state index is 6.00. The molecule has 0 spiro atoms. The van der Waals surface area contributed by atoms with Gasteiger partial charge in [-0.3, -0.25) is 9.89 Å². The van der Waals surface area contributed by atoms with E-state index in [0.29, 0.717) is 6.54 Å². The van der Waals surface area contributed by atoms with E-state index in [-0.39, 0.29) is 30.1 Å². The van der Waals surface area contributed by atoms with Gasteiger partial charge in [0, 0.05) is 46.3 Å². The van der Waals surface area contributed by atoms with Crippen LogP contribution in [-0.2, 0) is 0 Å². The third kappa shape index (κ3) is 8.66. The third-order valence-electron chi connectivity index (χ3n) is 4.83. The number of likely N-dealkylation sites (N-methyl/N-ethyl adjacent to an activating group) is 1. The summed E-state index contributed by atoms with van der Waals surface area (Å²) < 4.78 is 6.00. The lowest BCUT2D eigenvalue weighted by Gasteiger charge is -2.34. The Labute approximate surface area is 181 Å². The number of hydrogen-bond acceptors (Lipinski definition) is 4. The second kappa shape index (κ2) is 13.2. The first kappa shape index (κ1) is 24.0. The van der Waals surface area contributed by atoms with Crippen molar-refractivity contribution in [1.82, 2.24) is 20.4 Å². The second-order valence-electron chi connectivity index (χ2n) is 6.85. The van der Waals surface area contributed by atoms with Crippen molar-refractivity contribution < 1.29 is 4.74 Å². The number of aryl methyl sites for hydroxylation is 1. The molecule has 154 valence electrons. The third-order valence-corrected chi connectivity index (χ3v) is 4.83. The highest BCUT2D eigenvalue weighted by Gasteiger charge is 2.15. The fourth-order valence-corrected chi connectivity index (χ4v) is 3.07. The number of hydrogen-bond donors (Lipinski definition) is 2. The topological polar surface area (TPSA) is 52.1 Å². The van der Waals surface area contributed by atoms with Gasteiger partial charge in [-0.25, -0.2) is 0 Å². The van der Waals surface area contributed by atoms with Crippen LogP contribution in [0.3, 0.4) is 0 Å². The summed E-state index contributed by atoms with van der Waals surface area (Å²) in [4.78, 5) is 9.32. The molecule has 6 nitrogen and oxygen atoms in total. The van der Waals surface area contributed by atoms with Gasteiger partial charge in [0.25, 0.3) is 0 Å². The summed E-state index contributed by atoms with van der Waals surface area (Å²) in [7, 11) is 1.81. The number of rotatable bonds is 8. The van der Waals surface area contributed by atoms with Crippen molar-refractivity contribution in [3.8, 4) is 5.75 Å². The molecule has 27 heavy (non-hydrogen) atoms. The molecule has 0 bridgehead atoms. The fourth-order valence-electron chi connectivity index (χ4n) is 3.07. The van der Waals surface area contributed by atoms with Crippen molar-refractivity contribution in [2.24, 2.45) is 4.99 Å². The normalized spacial score (nSPS) is 17.1. The highest BCUT2D eigenvalue weighted by atomic mass is 127. The molecule has 2 N–H and O–H groups in total. The lowest BCUT2D eigenvalue weighted by molar-refractivity contribution is 0.139. The minimum Gasteiger partial charge on any atom is -0.489 e. The molecule has 1 aromatic rings. The first-order chi connectivity index (χ1) is 12.6. The van der Waals surface area contributed by atoms with Gasteiger partial charge >= 0.3 is 0 Å². The SMILES string of the molecule is CCN1CCN(CCNC(=NC)NCC(C)Oc2ccccc2C)CC1.I. The Bertz CT molecular complexity index is 561. The van der Waals surface area contributed by atoms with Gasteiger partial charge < -0.3 is 20.3 Å². The quantitative estimate of drug-likeness (QED) is 0.333. The molecule has 0 radical (unpaired) electrons. The minimum atomic E-state index is 0. The zero-order chi connectivity index (χ0) is 18.8. The van der Waals surface area contributed by atoms with Crippen LogP contribution in [0.4, 0.5) is 0 Å². The van der Waals surface area contributed by atoms with Gasteiger partial charge in [0.1, 0.15) is 11.9 Å². The maximum absolute atomic E-state index is 6.00. The van der Waals surface area contributed by atoms with Crippen LogP contribution in [0.5, 0.6) is 5.75 Å². The summed E-state index contributed by atoms with van der Waals surface area (Å²) in [6.07, 6.45) is 0.0665. The average Bonchev–Trinajstić information content (AvgIpc) is 2.67. The van der Waals surface area contributed by atoms with Crippen LogP contribution >= 0.6 is 24.0 Å². The molecule has 0 aliphatic carbocycles. The number of benzene rings is 1. The molecule has 1 aliphatic heterocycles. The molecule has 0 saturated carbocycles. The molecule has 0 amide bonds. The van der Waals surface area contributed by atoms with Gasteiger partial charge in [0.15, 0.2) is 5.96 Å². The highest BCUT2D eigenvalue weighted by molar-refractivity contribution is 14.0. The summed E-state index contributed by atoms with van der Waals surface area (Å²) in [5.74, 6) is 1.77. The van der Waals surface area contributed by atoms with Crippen molar-refractivity contribution in [2.45, 2.75) is 26.9 Å². The zero-order valence-corrected chi connectivity index (χ0v) is 19.5. The Hall–Kier alpha value is -1.06. The number of aliphatic imine (C=N–C) groups is 1. The summed E-state index contributed by atoms with van der Waals surface area (Å²) in [6.45, 7) is 14.9. The zero-order valence-electron chi connectivity index (χ0n) is 17.2. The van der Waals surface area contributed by atoms with Crippen molar-refractivity contribution in [2.75, 3.05) is 59.4 Å². The Morgan fingerprint density at radius 2 is 1.81 bits per heavy atom. The predicted octanol–water partition coefficient (Wildman–Crippen LogP) is 2.18. The van der Waals surface area contributed by atoms with Gasteiger partial charge in [0.2, 0.25) is 0 Å². The first-order valence-electron chi connectivity index (χ1n) is 9.74. The van der Waals surface area contributed by atoms with Gasteiger partial charge in [-0.2, -0.15) is 0 Å². The van der Waals surface area contributed by atoms with E-state index in [1.807, 2.05) is 25.2 Å². The smallest absolute Gasteiger partial charge is 0.191 e. The van der Waals surface area contributed by atoms with Gasteiger partial charge in [0.05, 0.1) is 6.54 Å². The standard InChI is InChI=1S/C20H35N5O.HI/c1-5-24-12-14-25(15-13-24)11-10-22-20(21-4)23-16-18(3)26-19-9-7-6-8-17(19)2;/h6-9,18H,5,10-16H2,1-4H3,(H2,21,22,23);1H. The Balaban J connectivity index is 0.00000364. The molecule has 7 heteroatoms. The number of halogens is 1. The van der Waals surface area contributed by atoms with E-state index in [1.165, 1.54) is 13.1 Å². The summed E-state index contributed by atoms with van der Waals surface area (Å²) in [6, 6.07) is 8.11. The number of para-hydroxylation sites is 1. The average molecular weight is 489 g/mol. The Kier molecular flexibility index (Phi) is 11.7. The van der Waals surface area contributed by atoms with Crippen molar-refractivity contribution >= 4 is 29.9 Å². The Morgan fingerprint density at radius 1 is 1.15 bits per heavy atom. The van der Waals surface area contributed by atoms with Gasteiger partial charge in [-0.05, 0) is 32.0 Å². The molecule has 1 fully saturated rings. The number of guanidine groups is 1. The summed E-state index contributed by atoms with van der Waals surface area (Å²) in [5.41, 5.74) is 1.16. The van der Waals surface area contributed by atoms with E-state index in [2.05, 4.69) is 52.3 Å². The van der Waals surface area contributed by atoms with E-state index in [0.717, 1.165) is 50.0 Å². The molecule has 1 heterocycles. The van der Waals surface area contributed by atoms with E-state index < -0.39 is 0 Å². The minimum absolute atomic E-state index is 0. The predicted molar refractivity (Wildman–Crippen MR) is 125 cm³/mol. The molecular weight excluding hydrogens is 453 g/mol. The molecule has 0 aromatic heterocycles. The summed E-state index contributed by atoms with van der Waals surface area (Å²) >= 11 is 0. The number of piperazine rings is 1. The molecular formula is C20H36IN5O. The number of nitrogens with zero attached hydrogens (tertiary/aromatic N) is 3. The van der Waals surface area contributed by atoms with Crippen LogP contribution in [0.25, 0.3) is 0 Å². The van der Waals surface area contributed by atoms with Crippen LogP contribution in [0.15, 0.2) is 29.3 Å². The number of ether oxygens (including phenoxy) is 1. The molecule has 1 aliphatic rings. The van der Waals surface area contributed by atoms with E-state index in [4.69, 9.17) is 4.74 Å².